The zero-order valence-electron chi connectivity index (χ0n) is 21.8. The maximum Gasteiger partial charge on any atom is 0.411 e. The number of methoxy groups -OCH3 is 3. The molecule has 39 heavy (non-hydrogen) atoms. The molecule has 9 nitrogen and oxygen atoms in total. The van der Waals surface area contributed by atoms with Crippen LogP contribution in [0, 0.1) is 0 Å². The van der Waals surface area contributed by atoms with Gasteiger partial charge in [0.05, 0.1) is 49.4 Å². The van der Waals surface area contributed by atoms with E-state index >= 15 is 0 Å². The van der Waals surface area contributed by atoms with Crippen LogP contribution in [0.15, 0.2) is 84.9 Å². The fourth-order valence-corrected chi connectivity index (χ4v) is 4.30. The number of nitrogens with one attached hydrogen (secondary N) is 3. The summed E-state index contributed by atoms with van der Waals surface area (Å²) in [5.74, 6) is 1.28. The van der Waals surface area contributed by atoms with Gasteiger partial charge in [0.25, 0.3) is 0 Å². The van der Waals surface area contributed by atoms with E-state index in [4.69, 9.17) is 23.9 Å². The van der Waals surface area contributed by atoms with Gasteiger partial charge in [-0.2, -0.15) is 0 Å². The van der Waals surface area contributed by atoms with E-state index in [1.165, 1.54) is 21.3 Å². The average molecular weight is 525 g/mol. The third kappa shape index (κ3) is 5.57. The monoisotopic (exact) mass is 524 g/mol. The molecule has 0 aliphatic rings. The van der Waals surface area contributed by atoms with E-state index in [1.807, 2.05) is 72.8 Å². The summed E-state index contributed by atoms with van der Waals surface area (Å²) in [5, 5.41) is 4.71. The van der Waals surface area contributed by atoms with E-state index < -0.39 is 6.09 Å². The van der Waals surface area contributed by atoms with Crippen molar-refractivity contribution in [3.05, 3.63) is 90.5 Å². The van der Waals surface area contributed by atoms with Crippen LogP contribution in [0.3, 0.4) is 0 Å². The molecule has 0 aliphatic carbocycles. The summed E-state index contributed by atoms with van der Waals surface area (Å²) in [4.78, 5) is 17.3. The SMILES string of the molecule is COc1cc(NC(=O)OCc2cccc(NNc3c4ccccc4nc4ccccc34)c2)cc(OC)c1OC. The van der Waals surface area contributed by atoms with Gasteiger partial charge in [-0.1, -0.05) is 48.5 Å². The van der Waals surface area contributed by atoms with Crippen molar-refractivity contribution >= 4 is 45.0 Å². The van der Waals surface area contributed by atoms with Gasteiger partial charge in [-0.25, -0.2) is 9.78 Å². The molecule has 1 heterocycles. The molecular weight excluding hydrogens is 496 g/mol. The Morgan fingerprint density at radius 1 is 0.718 bits per heavy atom. The summed E-state index contributed by atoms with van der Waals surface area (Å²) in [7, 11) is 4.53. The molecule has 198 valence electrons. The lowest BCUT2D eigenvalue weighted by Crippen LogP contribution is -2.14. The second kappa shape index (κ2) is 11.5. The molecule has 0 atom stereocenters. The van der Waals surface area contributed by atoms with Gasteiger partial charge in [0.2, 0.25) is 5.75 Å². The number of carbonyl (C=O) groups is 1. The maximum absolute atomic E-state index is 12.5. The highest BCUT2D eigenvalue weighted by Crippen LogP contribution is 2.40. The first kappa shape index (κ1) is 25.5. The zero-order valence-corrected chi connectivity index (χ0v) is 21.8. The van der Waals surface area contributed by atoms with Gasteiger partial charge < -0.3 is 24.4 Å². The molecule has 5 aromatic rings. The molecule has 0 bridgehead atoms. The van der Waals surface area contributed by atoms with Gasteiger partial charge in [0.1, 0.15) is 6.61 Å². The molecule has 3 N–H and O–H groups in total. The number of hydrogen-bond donors (Lipinski definition) is 3. The maximum atomic E-state index is 12.5. The van der Waals surface area contributed by atoms with Gasteiger partial charge in [0.15, 0.2) is 11.5 Å². The van der Waals surface area contributed by atoms with Crippen molar-refractivity contribution < 1.29 is 23.7 Å². The van der Waals surface area contributed by atoms with Gasteiger partial charge >= 0.3 is 6.09 Å². The van der Waals surface area contributed by atoms with Gasteiger partial charge in [-0.15, -0.1) is 0 Å². The number of fused-ring (bicyclic) bond motifs is 2. The lowest BCUT2D eigenvalue weighted by atomic mass is 10.1. The highest BCUT2D eigenvalue weighted by atomic mass is 16.5. The molecule has 4 aromatic carbocycles. The average Bonchev–Trinajstić information content (AvgIpc) is 2.97. The van der Waals surface area contributed by atoms with Gasteiger partial charge in [-0.05, 0) is 29.8 Å². The normalized spacial score (nSPS) is 10.6. The fraction of sp³-hybridized carbons (Fsp3) is 0.133. The topological polar surface area (TPSA) is 103 Å². The summed E-state index contributed by atoms with van der Waals surface area (Å²) in [5.41, 5.74) is 11.4. The first-order chi connectivity index (χ1) is 19.1. The molecule has 9 heteroatoms. The number of hydrogen-bond acceptors (Lipinski definition) is 8. The minimum Gasteiger partial charge on any atom is -0.493 e. The molecular formula is C30H28N4O5. The van der Waals surface area contributed by atoms with Crippen molar-refractivity contribution in [2.24, 2.45) is 0 Å². The number of nitrogens with zero attached hydrogens (tertiary/aromatic N) is 1. The Labute approximate surface area is 225 Å². The van der Waals surface area contributed by atoms with E-state index in [1.54, 1.807) is 12.1 Å². The minimum absolute atomic E-state index is 0.0763. The molecule has 0 saturated heterocycles. The number of benzene rings is 4. The Bertz CT molecular complexity index is 1560. The highest BCUT2D eigenvalue weighted by molar-refractivity contribution is 6.07. The van der Waals surface area contributed by atoms with Crippen LogP contribution in [-0.2, 0) is 11.3 Å². The zero-order chi connectivity index (χ0) is 27.2. The number of para-hydroxylation sites is 2. The molecule has 1 amide bonds. The lowest BCUT2D eigenvalue weighted by molar-refractivity contribution is 0.155. The van der Waals surface area contributed by atoms with Crippen molar-refractivity contribution in [3.63, 3.8) is 0 Å². The first-order valence-electron chi connectivity index (χ1n) is 12.2. The molecule has 0 radical (unpaired) electrons. The van der Waals surface area contributed by atoms with Crippen LogP contribution >= 0.6 is 0 Å². The van der Waals surface area contributed by atoms with E-state index in [-0.39, 0.29) is 6.61 Å². The summed E-state index contributed by atoms with van der Waals surface area (Å²) < 4.78 is 21.4. The van der Waals surface area contributed by atoms with Crippen molar-refractivity contribution in [2.75, 3.05) is 37.5 Å². The van der Waals surface area contributed by atoms with Crippen molar-refractivity contribution in [2.45, 2.75) is 6.61 Å². The van der Waals surface area contributed by atoms with Crippen LogP contribution in [0.1, 0.15) is 5.56 Å². The number of pyridine rings is 1. The van der Waals surface area contributed by atoms with Crippen LogP contribution in [0.25, 0.3) is 21.8 Å². The van der Waals surface area contributed by atoms with Gasteiger partial charge in [0, 0.05) is 22.9 Å². The second-order valence-electron chi connectivity index (χ2n) is 8.59. The molecule has 0 spiro atoms. The summed E-state index contributed by atoms with van der Waals surface area (Å²) in [6.45, 7) is 0.0763. The number of ether oxygens (including phenoxy) is 4. The fourth-order valence-electron chi connectivity index (χ4n) is 4.30. The van der Waals surface area contributed by atoms with E-state index in [0.29, 0.717) is 22.9 Å². The minimum atomic E-state index is -0.615. The smallest absolute Gasteiger partial charge is 0.411 e. The summed E-state index contributed by atoms with van der Waals surface area (Å²) in [6, 6.07) is 26.9. The van der Waals surface area contributed by atoms with Crippen LogP contribution < -0.4 is 30.4 Å². The predicted molar refractivity (Wildman–Crippen MR) is 153 cm³/mol. The standard InChI is InChI=1S/C30H28N4O5/c1-36-26-16-21(17-27(37-2)29(26)38-3)31-30(35)39-18-19-9-8-10-20(15-19)33-34-28-22-11-4-6-13-24(22)32-25-14-7-5-12-23(25)28/h4-17,33H,18H2,1-3H3,(H,31,35)(H,32,34). The van der Waals surface area contributed by atoms with Crippen molar-refractivity contribution in [3.8, 4) is 17.2 Å². The number of rotatable bonds is 9. The third-order valence-electron chi connectivity index (χ3n) is 6.13. The Hall–Kier alpha value is -5.18. The predicted octanol–water partition coefficient (Wildman–Crippen LogP) is 6.60. The van der Waals surface area contributed by atoms with Crippen LogP contribution in [0.5, 0.6) is 17.2 Å². The largest absolute Gasteiger partial charge is 0.493 e. The number of aromatic nitrogens is 1. The summed E-state index contributed by atoms with van der Waals surface area (Å²) in [6.07, 6.45) is -0.615. The number of anilines is 3. The Morgan fingerprint density at radius 2 is 1.36 bits per heavy atom. The molecule has 1 aromatic heterocycles. The number of carbonyl (C=O) groups excluding carboxylic acids is 1. The Morgan fingerprint density at radius 3 is 1.97 bits per heavy atom. The van der Waals surface area contributed by atoms with Crippen LogP contribution in [0.4, 0.5) is 21.9 Å². The quantitative estimate of drug-likeness (QED) is 0.146. The number of hydrazine groups is 1. The number of amides is 1. The van der Waals surface area contributed by atoms with Crippen LogP contribution in [-0.4, -0.2) is 32.4 Å². The van der Waals surface area contributed by atoms with Crippen molar-refractivity contribution in [1.29, 1.82) is 0 Å². The first-order valence-corrected chi connectivity index (χ1v) is 12.2. The molecule has 0 unspecified atom stereocenters. The lowest BCUT2D eigenvalue weighted by Gasteiger charge is -2.16. The molecule has 0 fully saturated rings. The van der Waals surface area contributed by atoms with Crippen molar-refractivity contribution in [1.82, 2.24) is 4.98 Å². The third-order valence-corrected chi connectivity index (χ3v) is 6.13. The molecule has 0 saturated carbocycles. The van der Waals surface area contributed by atoms with E-state index in [2.05, 4.69) is 16.2 Å². The Balaban J connectivity index is 1.26. The van der Waals surface area contributed by atoms with Crippen LogP contribution in [0.2, 0.25) is 0 Å². The highest BCUT2D eigenvalue weighted by Gasteiger charge is 2.15. The summed E-state index contributed by atoms with van der Waals surface area (Å²) >= 11 is 0. The van der Waals surface area contributed by atoms with E-state index in [9.17, 15) is 4.79 Å². The Kier molecular flexibility index (Phi) is 7.49. The molecule has 0 aliphatic heterocycles. The van der Waals surface area contributed by atoms with E-state index in [0.717, 1.165) is 38.7 Å². The van der Waals surface area contributed by atoms with Gasteiger partial charge in [-0.3, -0.25) is 10.7 Å². The molecule has 5 rings (SSSR count). The second-order valence-corrected chi connectivity index (χ2v) is 8.59.